The monoisotopic (exact) mass is 264 g/mol. The van der Waals surface area contributed by atoms with Crippen LogP contribution in [0.2, 0.25) is 0 Å². The number of aromatic nitrogens is 3. The highest BCUT2D eigenvalue weighted by Crippen LogP contribution is 2.14. The zero-order chi connectivity index (χ0) is 13.1. The fourth-order valence-corrected chi connectivity index (χ4v) is 1.76. The van der Waals surface area contributed by atoms with Crippen molar-refractivity contribution in [1.82, 2.24) is 15.2 Å². The topological polar surface area (TPSA) is 105 Å². The number of rotatable bonds is 3. The maximum Gasteiger partial charge on any atom is 0.354 e. The van der Waals surface area contributed by atoms with Crippen molar-refractivity contribution in [3.8, 4) is 0 Å². The summed E-state index contributed by atoms with van der Waals surface area (Å²) in [5.41, 5.74) is 0.145. The number of aromatic carboxylic acids is 1. The molecule has 0 atom stereocenters. The molecule has 0 unspecified atom stereocenters. The van der Waals surface area contributed by atoms with Gasteiger partial charge in [0, 0.05) is 6.20 Å². The highest BCUT2D eigenvalue weighted by molar-refractivity contribution is 7.15. The summed E-state index contributed by atoms with van der Waals surface area (Å²) in [6.45, 7) is 1.77. The SMILES string of the molecule is Cc1nnc(NC(=O)c2ccc(C(=O)O)nc2)s1. The van der Waals surface area contributed by atoms with Crippen molar-refractivity contribution < 1.29 is 14.7 Å². The third-order valence-corrected chi connectivity index (χ3v) is 2.75. The van der Waals surface area contributed by atoms with Crippen LogP contribution in [0.1, 0.15) is 25.9 Å². The number of carboxylic acids is 1. The standard InChI is InChI=1S/C10H8N4O3S/c1-5-13-14-10(18-5)12-8(15)6-2-3-7(9(16)17)11-4-6/h2-4H,1H3,(H,16,17)(H,12,14,15). The van der Waals surface area contributed by atoms with Crippen LogP contribution in [0.25, 0.3) is 0 Å². The lowest BCUT2D eigenvalue weighted by molar-refractivity contribution is 0.0690. The molecule has 2 N–H and O–H groups in total. The summed E-state index contributed by atoms with van der Waals surface area (Å²) in [4.78, 5) is 26.0. The van der Waals surface area contributed by atoms with Crippen LogP contribution in [0.4, 0.5) is 5.13 Å². The van der Waals surface area contributed by atoms with Crippen molar-refractivity contribution in [2.45, 2.75) is 6.92 Å². The molecule has 2 heterocycles. The molecule has 1 amide bonds. The number of amides is 1. The van der Waals surface area contributed by atoms with Crippen molar-refractivity contribution in [2.75, 3.05) is 5.32 Å². The Balaban J connectivity index is 2.11. The van der Waals surface area contributed by atoms with E-state index in [-0.39, 0.29) is 11.3 Å². The Morgan fingerprint density at radius 2 is 2.11 bits per heavy atom. The zero-order valence-electron chi connectivity index (χ0n) is 9.25. The van der Waals surface area contributed by atoms with Crippen LogP contribution in [-0.4, -0.2) is 32.2 Å². The first-order chi connectivity index (χ1) is 8.56. The Kier molecular flexibility index (Phi) is 3.28. The van der Waals surface area contributed by atoms with Gasteiger partial charge in [-0.15, -0.1) is 10.2 Å². The fourth-order valence-electron chi connectivity index (χ4n) is 1.17. The average Bonchev–Trinajstić information content (AvgIpc) is 2.75. The van der Waals surface area contributed by atoms with E-state index in [0.717, 1.165) is 5.01 Å². The number of nitrogens with one attached hydrogen (secondary N) is 1. The first-order valence-electron chi connectivity index (χ1n) is 4.87. The number of anilines is 1. The van der Waals surface area contributed by atoms with Crippen molar-refractivity contribution in [2.24, 2.45) is 0 Å². The normalized spacial score (nSPS) is 10.1. The van der Waals surface area contributed by atoms with Gasteiger partial charge in [-0.2, -0.15) is 0 Å². The molecule has 0 radical (unpaired) electrons. The number of aryl methyl sites for hydroxylation is 1. The molecule has 0 aromatic carbocycles. The van der Waals surface area contributed by atoms with Gasteiger partial charge in [0.25, 0.3) is 5.91 Å². The third kappa shape index (κ3) is 2.66. The Morgan fingerprint density at radius 3 is 2.61 bits per heavy atom. The summed E-state index contributed by atoms with van der Waals surface area (Å²) in [6, 6.07) is 2.66. The van der Waals surface area contributed by atoms with Crippen molar-refractivity contribution in [1.29, 1.82) is 0 Å². The Bertz CT molecular complexity index is 593. The van der Waals surface area contributed by atoms with Crippen molar-refractivity contribution in [3.63, 3.8) is 0 Å². The van der Waals surface area contributed by atoms with Crippen LogP contribution in [0.3, 0.4) is 0 Å². The van der Waals surface area contributed by atoms with Gasteiger partial charge in [-0.3, -0.25) is 10.1 Å². The molecule has 0 saturated heterocycles. The first kappa shape index (κ1) is 12.1. The first-order valence-corrected chi connectivity index (χ1v) is 5.68. The van der Waals surface area contributed by atoms with Gasteiger partial charge in [0.2, 0.25) is 5.13 Å². The lowest BCUT2D eigenvalue weighted by Gasteiger charge is -2.00. The lowest BCUT2D eigenvalue weighted by atomic mass is 10.2. The van der Waals surface area contributed by atoms with Crippen LogP contribution in [0.15, 0.2) is 18.3 Å². The zero-order valence-corrected chi connectivity index (χ0v) is 10.1. The second kappa shape index (κ2) is 4.88. The molecule has 0 saturated carbocycles. The van der Waals surface area contributed by atoms with Gasteiger partial charge in [-0.05, 0) is 19.1 Å². The summed E-state index contributed by atoms with van der Waals surface area (Å²) in [7, 11) is 0. The minimum absolute atomic E-state index is 0.113. The maximum absolute atomic E-state index is 11.7. The number of hydrogen-bond acceptors (Lipinski definition) is 6. The van der Waals surface area contributed by atoms with Crippen LogP contribution in [-0.2, 0) is 0 Å². The fraction of sp³-hybridized carbons (Fsp3) is 0.100. The second-order valence-electron chi connectivity index (χ2n) is 3.32. The van der Waals surface area contributed by atoms with Crippen molar-refractivity contribution in [3.05, 3.63) is 34.6 Å². The largest absolute Gasteiger partial charge is 0.477 e. The molecular weight excluding hydrogens is 256 g/mol. The number of carbonyl (C=O) groups is 2. The van der Waals surface area contributed by atoms with E-state index < -0.39 is 11.9 Å². The highest BCUT2D eigenvalue weighted by Gasteiger charge is 2.11. The van der Waals surface area contributed by atoms with Gasteiger partial charge in [0.05, 0.1) is 5.56 Å². The Labute approximate surface area is 106 Å². The smallest absolute Gasteiger partial charge is 0.354 e. The van der Waals surface area contributed by atoms with E-state index in [1.165, 1.54) is 29.7 Å². The molecular formula is C10H8N4O3S. The lowest BCUT2D eigenvalue weighted by Crippen LogP contribution is -2.12. The van der Waals surface area contributed by atoms with E-state index in [0.29, 0.717) is 5.13 Å². The molecule has 18 heavy (non-hydrogen) atoms. The predicted octanol–water partition coefficient (Wildman–Crippen LogP) is 1.19. The molecule has 0 aliphatic carbocycles. The number of pyridine rings is 1. The summed E-state index contributed by atoms with van der Waals surface area (Å²) in [5, 5.41) is 19.9. The molecule has 0 aliphatic rings. The number of nitrogens with zero attached hydrogens (tertiary/aromatic N) is 3. The minimum Gasteiger partial charge on any atom is -0.477 e. The molecule has 8 heteroatoms. The number of carboxylic acid groups (broad SMARTS) is 1. The molecule has 2 aromatic rings. The molecule has 7 nitrogen and oxygen atoms in total. The highest BCUT2D eigenvalue weighted by atomic mass is 32.1. The second-order valence-corrected chi connectivity index (χ2v) is 4.50. The van der Waals surface area contributed by atoms with Gasteiger partial charge in [0.15, 0.2) is 0 Å². The summed E-state index contributed by atoms with van der Waals surface area (Å²) >= 11 is 1.25. The van der Waals surface area contributed by atoms with E-state index in [9.17, 15) is 9.59 Å². The molecule has 92 valence electrons. The number of carbonyl (C=O) groups excluding carboxylic acids is 1. The van der Waals surface area contributed by atoms with Gasteiger partial charge < -0.3 is 5.11 Å². The summed E-state index contributed by atoms with van der Waals surface area (Å²) in [6.07, 6.45) is 1.20. The van der Waals surface area contributed by atoms with Crippen LogP contribution < -0.4 is 5.32 Å². The van der Waals surface area contributed by atoms with Crippen molar-refractivity contribution >= 4 is 28.3 Å². The molecule has 0 aliphatic heterocycles. The van der Waals surface area contributed by atoms with E-state index in [2.05, 4.69) is 20.5 Å². The summed E-state index contributed by atoms with van der Waals surface area (Å²) in [5.74, 6) is -1.54. The quantitative estimate of drug-likeness (QED) is 0.862. The maximum atomic E-state index is 11.7. The average molecular weight is 264 g/mol. The van der Waals surface area contributed by atoms with Gasteiger partial charge in [0.1, 0.15) is 10.7 Å². The van der Waals surface area contributed by atoms with Crippen LogP contribution in [0.5, 0.6) is 0 Å². The van der Waals surface area contributed by atoms with E-state index in [4.69, 9.17) is 5.11 Å². The Hall–Kier alpha value is -2.35. The molecule has 0 fully saturated rings. The van der Waals surface area contributed by atoms with E-state index in [1.54, 1.807) is 6.92 Å². The number of hydrogen-bond donors (Lipinski definition) is 2. The molecule has 0 bridgehead atoms. The Morgan fingerprint density at radius 1 is 1.33 bits per heavy atom. The third-order valence-electron chi connectivity index (χ3n) is 1.99. The predicted molar refractivity (Wildman–Crippen MR) is 63.8 cm³/mol. The minimum atomic E-state index is -1.14. The van der Waals surface area contributed by atoms with Crippen LogP contribution in [0, 0.1) is 6.92 Å². The van der Waals surface area contributed by atoms with Gasteiger partial charge in [-0.1, -0.05) is 11.3 Å². The van der Waals surface area contributed by atoms with Crippen LogP contribution >= 0.6 is 11.3 Å². The van der Waals surface area contributed by atoms with E-state index >= 15 is 0 Å². The summed E-state index contributed by atoms with van der Waals surface area (Å²) < 4.78 is 0. The van der Waals surface area contributed by atoms with Gasteiger partial charge >= 0.3 is 5.97 Å². The van der Waals surface area contributed by atoms with E-state index in [1.807, 2.05) is 0 Å². The molecule has 2 rings (SSSR count). The van der Waals surface area contributed by atoms with Gasteiger partial charge in [-0.25, -0.2) is 9.78 Å². The molecule has 2 aromatic heterocycles. The molecule has 0 spiro atoms.